The molecule has 1 N–H and O–H groups in total. The molecule has 1 rings (SSSR count). The molecule has 0 amide bonds. The van der Waals surface area contributed by atoms with Gasteiger partial charge in [0, 0.05) is 39.8 Å². The molecular formula is C10H14BrNOS. The minimum atomic E-state index is 0.200. The maximum Gasteiger partial charge on any atom is 0.166 e. The van der Waals surface area contributed by atoms with Crippen molar-refractivity contribution < 1.29 is 4.79 Å². The highest BCUT2D eigenvalue weighted by Crippen LogP contribution is 2.22. The fraction of sp³-hybridized carbons (Fsp3) is 0.500. The molecule has 0 fully saturated rings. The van der Waals surface area contributed by atoms with Gasteiger partial charge in [0.15, 0.2) is 5.78 Å². The number of nitrogens with one attached hydrogen (secondary N) is 1. The summed E-state index contributed by atoms with van der Waals surface area (Å²) in [4.78, 5) is 11.6. The smallest absolute Gasteiger partial charge is 0.166 e. The number of ketones is 1. The molecule has 0 atom stereocenters. The van der Waals surface area contributed by atoms with E-state index in [2.05, 4.69) is 35.1 Å². The summed E-state index contributed by atoms with van der Waals surface area (Å²) in [7, 11) is 0. The number of halogens is 1. The molecule has 0 spiro atoms. The quantitative estimate of drug-likeness (QED) is 0.837. The van der Waals surface area contributed by atoms with Crippen LogP contribution in [0.1, 0.15) is 30.6 Å². The second kappa shape index (κ2) is 5.63. The van der Waals surface area contributed by atoms with Gasteiger partial charge in [-0.1, -0.05) is 13.8 Å². The molecule has 78 valence electrons. The zero-order chi connectivity index (χ0) is 10.6. The van der Waals surface area contributed by atoms with Gasteiger partial charge in [-0.25, -0.2) is 0 Å². The summed E-state index contributed by atoms with van der Waals surface area (Å²) in [5, 5.41) is 7.05. The van der Waals surface area contributed by atoms with Gasteiger partial charge in [0.05, 0.1) is 0 Å². The predicted molar refractivity (Wildman–Crippen MR) is 64.1 cm³/mol. The van der Waals surface area contributed by atoms with Gasteiger partial charge in [-0.3, -0.25) is 4.79 Å². The molecule has 0 bridgehead atoms. The maximum atomic E-state index is 11.6. The van der Waals surface area contributed by atoms with E-state index in [1.54, 1.807) is 11.3 Å². The zero-order valence-corrected chi connectivity index (χ0v) is 10.7. The van der Waals surface area contributed by atoms with E-state index < -0.39 is 0 Å². The van der Waals surface area contributed by atoms with Gasteiger partial charge in [0.25, 0.3) is 0 Å². The highest BCUT2D eigenvalue weighted by Gasteiger charge is 2.10. The van der Waals surface area contributed by atoms with Crippen LogP contribution in [0, 0.1) is 0 Å². The topological polar surface area (TPSA) is 29.1 Å². The maximum absolute atomic E-state index is 11.6. The normalized spacial score (nSPS) is 10.9. The molecule has 4 heteroatoms. The summed E-state index contributed by atoms with van der Waals surface area (Å²) in [5.41, 5.74) is 0.806. The van der Waals surface area contributed by atoms with Gasteiger partial charge in [-0.2, -0.15) is 11.3 Å². The Morgan fingerprint density at radius 3 is 2.79 bits per heavy atom. The summed E-state index contributed by atoms with van der Waals surface area (Å²) in [6.07, 6.45) is 0.563. The first-order chi connectivity index (χ1) is 6.61. The third-order valence-electron chi connectivity index (χ3n) is 1.82. The second-order valence-corrected chi connectivity index (χ2v) is 5.01. The zero-order valence-electron chi connectivity index (χ0n) is 8.34. The monoisotopic (exact) mass is 275 g/mol. The van der Waals surface area contributed by atoms with E-state index >= 15 is 0 Å². The molecule has 0 aromatic carbocycles. The van der Waals surface area contributed by atoms with E-state index in [1.807, 2.05) is 10.8 Å². The standard InChI is InChI=1S/C10H14BrNOS/c1-7(2)12-4-3-10(13)8-5-14-6-9(8)11/h5-7,12H,3-4H2,1-2H3. The highest BCUT2D eigenvalue weighted by molar-refractivity contribution is 9.10. The van der Waals surface area contributed by atoms with Gasteiger partial charge in [-0.15, -0.1) is 0 Å². The van der Waals surface area contributed by atoms with Crippen LogP contribution in [0.4, 0.5) is 0 Å². The minimum Gasteiger partial charge on any atom is -0.314 e. The van der Waals surface area contributed by atoms with Crippen molar-refractivity contribution in [2.45, 2.75) is 26.3 Å². The number of Topliss-reactive ketones (excluding diaryl/α,β-unsaturated/α-hetero) is 1. The van der Waals surface area contributed by atoms with Gasteiger partial charge in [-0.05, 0) is 15.9 Å². The SMILES string of the molecule is CC(C)NCCC(=O)c1cscc1Br. The number of rotatable bonds is 5. The van der Waals surface area contributed by atoms with Crippen LogP contribution in [-0.2, 0) is 0 Å². The fourth-order valence-electron chi connectivity index (χ4n) is 1.09. The van der Waals surface area contributed by atoms with E-state index in [4.69, 9.17) is 0 Å². The summed E-state index contributed by atoms with van der Waals surface area (Å²) in [6.45, 7) is 4.90. The van der Waals surface area contributed by atoms with Crippen LogP contribution in [-0.4, -0.2) is 18.4 Å². The Balaban J connectivity index is 2.40. The van der Waals surface area contributed by atoms with E-state index in [-0.39, 0.29) is 5.78 Å². The van der Waals surface area contributed by atoms with Gasteiger partial charge < -0.3 is 5.32 Å². The Bertz CT molecular complexity index is 309. The van der Waals surface area contributed by atoms with Crippen molar-refractivity contribution in [3.05, 3.63) is 20.8 Å². The van der Waals surface area contributed by atoms with E-state index in [9.17, 15) is 4.79 Å². The van der Waals surface area contributed by atoms with Crippen LogP contribution in [0.5, 0.6) is 0 Å². The third-order valence-corrected chi connectivity index (χ3v) is 3.52. The van der Waals surface area contributed by atoms with E-state index in [0.29, 0.717) is 12.5 Å². The molecule has 0 aliphatic carbocycles. The molecule has 0 aliphatic heterocycles. The first kappa shape index (κ1) is 11.9. The Morgan fingerprint density at radius 2 is 2.29 bits per heavy atom. The van der Waals surface area contributed by atoms with Crippen LogP contribution >= 0.6 is 27.3 Å². The van der Waals surface area contributed by atoms with Crippen molar-refractivity contribution in [1.29, 1.82) is 0 Å². The largest absolute Gasteiger partial charge is 0.314 e. The first-order valence-electron chi connectivity index (χ1n) is 4.59. The number of hydrogen-bond donors (Lipinski definition) is 1. The molecule has 1 aromatic rings. The molecule has 2 nitrogen and oxygen atoms in total. The summed E-state index contributed by atoms with van der Waals surface area (Å²) in [5.74, 6) is 0.200. The average Bonchev–Trinajstić information content (AvgIpc) is 2.50. The molecule has 14 heavy (non-hydrogen) atoms. The van der Waals surface area contributed by atoms with Crippen LogP contribution < -0.4 is 5.32 Å². The second-order valence-electron chi connectivity index (χ2n) is 3.42. The molecule has 1 heterocycles. The van der Waals surface area contributed by atoms with Gasteiger partial charge in [0.1, 0.15) is 0 Å². The van der Waals surface area contributed by atoms with Crippen LogP contribution in [0.2, 0.25) is 0 Å². The lowest BCUT2D eigenvalue weighted by molar-refractivity contribution is 0.0982. The molecule has 0 radical (unpaired) electrons. The Kier molecular flexibility index (Phi) is 4.78. The average molecular weight is 276 g/mol. The van der Waals surface area contributed by atoms with E-state index in [0.717, 1.165) is 16.6 Å². The van der Waals surface area contributed by atoms with Crippen molar-refractivity contribution in [2.24, 2.45) is 0 Å². The summed E-state index contributed by atoms with van der Waals surface area (Å²) >= 11 is 4.90. The fourth-order valence-corrected chi connectivity index (χ4v) is 2.61. The summed E-state index contributed by atoms with van der Waals surface area (Å²) < 4.78 is 0.914. The molecule has 0 unspecified atom stereocenters. The number of hydrogen-bond acceptors (Lipinski definition) is 3. The van der Waals surface area contributed by atoms with Gasteiger partial charge in [0.2, 0.25) is 0 Å². The van der Waals surface area contributed by atoms with E-state index in [1.165, 1.54) is 0 Å². The molecule has 0 saturated carbocycles. The molecule has 0 aliphatic rings. The third kappa shape index (κ3) is 3.52. The number of thiophene rings is 1. The summed E-state index contributed by atoms with van der Waals surface area (Å²) in [6, 6.07) is 0.439. The lowest BCUT2D eigenvalue weighted by atomic mass is 10.1. The molecule has 0 saturated heterocycles. The minimum absolute atomic E-state index is 0.200. The van der Waals surface area contributed by atoms with Crippen LogP contribution in [0.3, 0.4) is 0 Å². The van der Waals surface area contributed by atoms with Crippen LogP contribution in [0.25, 0.3) is 0 Å². The van der Waals surface area contributed by atoms with Crippen molar-refractivity contribution in [1.82, 2.24) is 5.32 Å². The predicted octanol–water partition coefficient (Wildman–Crippen LogP) is 3.08. The first-order valence-corrected chi connectivity index (χ1v) is 6.33. The molecule has 1 aromatic heterocycles. The molecular weight excluding hydrogens is 262 g/mol. The Morgan fingerprint density at radius 1 is 1.57 bits per heavy atom. The van der Waals surface area contributed by atoms with Crippen LogP contribution in [0.15, 0.2) is 15.2 Å². The van der Waals surface area contributed by atoms with Crippen molar-refractivity contribution in [3.8, 4) is 0 Å². The van der Waals surface area contributed by atoms with Crippen molar-refractivity contribution in [3.63, 3.8) is 0 Å². The number of carbonyl (C=O) groups is 1. The van der Waals surface area contributed by atoms with Gasteiger partial charge >= 0.3 is 0 Å². The van der Waals surface area contributed by atoms with Crippen molar-refractivity contribution in [2.75, 3.05) is 6.54 Å². The lowest BCUT2D eigenvalue weighted by Crippen LogP contribution is -2.25. The highest BCUT2D eigenvalue weighted by atomic mass is 79.9. The Labute approximate surface area is 96.8 Å². The number of carbonyl (C=O) groups excluding carboxylic acids is 1. The Hall–Kier alpha value is -0.190. The van der Waals surface area contributed by atoms with Crippen molar-refractivity contribution >= 4 is 33.0 Å². The lowest BCUT2D eigenvalue weighted by Gasteiger charge is -2.06.